The molecule has 0 aliphatic carbocycles. The van der Waals surface area contributed by atoms with Gasteiger partial charge in [-0.1, -0.05) is 0 Å². The van der Waals surface area contributed by atoms with Gasteiger partial charge in [-0.2, -0.15) is 0 Å². The normalized spacial score (nSPS) is 13.6. The lowest BCUT2D eigenvalue weighted by molar-refractivity contribution is -0.450. The molecule has 1 aromatic heterocycles. The van der Waals surface area contributed by atoms with Crippen LogP contribution in [0.25, 0.3) is 6.20 Å². The van der Waals surface area contributed by atoms with Gasteiger partial charge in [0.25, 0.3) is 11.8 Å². The topological polar surface area (TPSA) is 78.2 Å². The third-order valence-electron chi connectivity index (χ3n) is 1.30. The largest absolute Gasteiger partial charge is 0.312 e. The highest BCUT2D eigenvalue weighted by atomic mass is 16.3. The average Bonchev–Trinajstić information content (AvgIpc) is 2.31. The van der Waals surface area contributed by atoms with E-state index in [0.717, 1.165) is 6.20 Å². The molecular weight excluding hydrogens is 148 g/mol. The predicted octanol–water partition coefficient (Wildman–Crippen LogP) is -2.16. The van der Waals surface area contributed by atoms with Crippen molar-refractivity contribution in [1.29, 1.82) is 0 Å². The standard InChI is InChI=1S/C5H2N4O2/c10-5-3-1-9(11)8-4(3)6-2-7-5/h1-2H/p+1. The molecule has 0 fully saturated rings. The van der Waals surface area contributed by atoms with Crippen molar-refractivity contribution in [2.24, 2.45) is 5.10 Å². The highest BCUT2D eigenvalue weighted by Crippen LogP contribution is 1.74. The van der Waals surface area contributed by atoms with Gasteiger partial charge < -0.3 is 4.98 Å². The van der Waals surface area contributed by atoms with Gasteiger partial charge in [-0.3, -0.25) is 4.79 Å². The molecule has 0 bridgehead atoms. The van der Waals surface area contributed by atoms with Gasteiger partial charge >= 0.3 is 0 Å². The van der Waals surface area contributed by atoms with Gasteiger partial charge in [0.2, 0.25) is 5.49 Å². The van der Waals surface area contributed by atoms with Crippen LogP contribution in [0.3, 0.4) is 0 Å². The predicted molar refractivity (Wildman–Crippen MR) is 33.7 cm³/mol. The van der Waals surface area contributed by atoms with E-state index in [1.807, 2.05) is 0 Å². The third kappa shape index (κ3) is 0.759. The van der Waals surface area contributed by atoms with E-state index >= 15 is 0 Å². The minimum absolute atomic E-state index is 0.170. The minimum atomic E-state index is -0.350. The van der Waals surface area contributed by atoms with Gasteiger partial charge in [-0.05, 0) is 0 Å². The Bertz CT molecular complexity index is 486. The van der Waals surface area contributed by atoms with E-state index in [4.69, 9.17) is 0 Å². The van der Waals surface area contributed by atoms with Crippen LogP contribution in [0.2, 0.25) is 0 Å². The quantitative estimate of drug-likeness (QED) is 0.429. The number of nitrogens with one attached hydrogen (secondary N) is 1. The summed E-state index contributed by atoms with van der Waals surface area (Å²) in [4.78, 5) is 27.8. The average molecular weight is 151 g/mol. The van der Waals surface area contributed by atoms with Crippen LogP contribution < -0.4 is 16.3 Å². The van der Waals surface area contributed by atoms with Gasteiger partial charge in [0.15, 0.2) is 10.1 Å². The highest BCUT2D eigenvalue weighted by Gasteiger charge is 2.13. The van der Waals surface area contributed by atoms with E-state index in [0.29, 0.717) is 4.87 Å². The number of hydrogen-bond acceptors (Lipinski definition) is 3. The molecule has 1 aromatic rings. The van der Waals surface area contributed by atoms with E-state index < -0.39 is 0 Å². The van der Waals surface area contributed by atoms with Crippen molar-refractivity contribution in [3.63, 3.8) is 0 Å². The van der Waals surface area contributed by atoms with Crippen molar-refractivity contribution in [3.8, 4) is 0 Å². The summed E-state index contributed by atoms with van der Waals surface area (Å²) >= 11 is 0. The molecule has 0 amide bonds. The number of aromatic amines is 1. The second-order valence-electron chi connectivity index (χ2n) is 2.00. The van der Waals surface area contributed by atoms with Crippen LogP contribution in [0.15, 0.2) is 16.2 Å². The Morgan fingerprint density at radius 1 is 1.55 bits per heavy atom. The van der Waals surface area contributed by atoms with Crippen LogP contribution >= 0.6 is 0 Å². The molecule has 2 rings (SSSR count). The maximum absolute atomic E-state index is 10.9. The summed E-state index contributed by atoms with van der Waals surface area (Å²) in [6, 6.07) is 0. The molecule has 0 spiro atoms. The van der Waals surface area contributed by atoms with E-state index in [1.165, 1.54) is 6.33 Å². The minimum Gasteiger partial charge on any atom is -0.312 e. The molecule has 0 saturated heterocycles. The first-order valence-electron chi connectivity index (χ1n) is 2.88. The van der Waals surface area contributed by atoms with Gasteiger partial charge in [-0.25, -0.2) is 4.98 Å². The van der Waals surface area contributed by atoms with E-state index in [2.05, 4.69) is 15.1 Å². The number of fused-ring (bicyclic) bond motifs is 1. The van der Waals surface area contributed by atoms with Crippen molar-refractivity contribution < 1.29 is 4.87 Å². The highest BCUT2D eigenvalue weighted by molar-refractivity contribution is 5.10. The third-order valence-corrected chi connectivity index (χ3v) is 1.30. The molecule has 0 atom stereocenters. The van der Waals surface area contributed by atoms with Crippen molar-refractivity contribution in [3.05, 3.63) is 32.3 Å². The Labute approximate surface area is 59.5 Å². The molecule has 11 heavy (non-hydrogen) atoms. The second kappa shape index (κ2) is 1.82. The lowest BCUT2D eigenvalue weighted by Gasteiger charge is -1.74. The van der Waals surface area contributed by atoms with Crippen molar-refractivity contribution in [1.82, 2.24) is 9.97 Å². The van der Waals surface area contributed by atoms with E-state index in [1.54, 1.807) is 0 Å². The Balaban J connectivity index is 3.10. The summed E-state index contributed by atoms with van der Waals surface area (Å²) in [5, 5.41) is 3.61. The molecular formula is C5H3N4O2+. The first-order chi connectivity index (χ1) is 5.27. The number of nitroso groups, excluding NO2 is 1. The molecule has 1 aliphatic heterocycles. The van der Waals surface area contributed by atoms with Gasteiger partial charge in [0.05, 0.1) is 16.3 Å². The zero-order valence-corrected chi connectivity index (χ0v) is 5.31. The fourth-order valence-electron chi connectivity index (χ4n) is 0.830. The molecule has 1 aliphatic rings. The molecule has 2 heterocycles. The van der Waals surface area contributed by atoms with E-state index in [-0.39, 0.29) is 16.3 Å². The van der Waals surface area contributed by atoms with Crippen LogP contribution in [0, 0.1) is 4.91 Å². The summed E-state index contributed by atoms with van der Waals surface area (Å²) < 4.78 is 0. The fraction of sp³-hybridized carbons (Fsp3) is 0. The molecule has 6 nitrogen and oxygen atoms in total. The summed E-state index contributed by atoms with van der Waals surface area (Å²) in [5.41, 5.74) is -0.180. The first kappa shape index (κ1) is 5.90. The Morgan fingerprint density at radius 3 is 3.09 bits per heavy atom. The van der Waals surface area contributed by atoms with Gasteiger partial charge in [0, 0.05) is 0 Å². The zero-order valence-electron chi connectivity index (χ0n) is 5.31. The first-order valence-corrected chi connectivity index (χ1v) is 2.88. The lowest BCUT2D eigenvalue weighted by Crippen LogP contribution is -2.40. The van der Waals surface area contributed by atoms with Gasteiger partial charge in [-0.15, -0.1) is 0 Å². The molecule has 1 N–H and O–H groups in total. The second-order valence-corrected chi connectivity index (χ2v) is 2.00. The Hall–Kier alpha value is -1.85. The number of rotatable bonds is 0. The van der Waals surface area contributed by atoms with Crippen LogP contribution in [0.5, 0.6) is 0 Å². The summed E-state index contributed by atoms with van der Waals surface area (Å²) in [7, 11) is 0. The molecule has 0 unspecified atom stereocenters. The van der Waals surface area contributed by atoms with Crippen LogP contribution in [-0.2, 0) is 0 Å². The summed E-state index contributed by atoms with van der Waals surface area (Å²) in [5.74, 6) is 0. The Morgan fingerprint density at radius 2 is 2.36 bits per heavy atom. The molecule has 0 aromatic carbocycles. The van der Waals surface area contributed by atoms with E-state index in [9.17, 15) is 9.70 Å². The summed E-state index contributed by atoms with van der Waals surface area (Å²) in [6.07, 6.45) is 2.29. The van der Waals surface area contributed by atoms with Crippen molar-refractivity contribution in [2.45, 2.75) is 0 Å². The molecule has 6 heteroatoms. The molecule has 0 radical (unpaired) electrons. The number of aromatic nitrogens is 2. The molecule has 54 valence electrons. The number of H-pyrrole nitrogens is 1. The SMILES string of the molecule is O=c1[nH]cnc2c1=C[N+](=O)N=2. The molecule has 0 saturated carbocycles. The maximum Gasteiger partial charge on any atom is 0.276 e. The summed E-state index contributed by atoms with van der Waals surface area (Å²) in [6.45, 7) is 0. The zero-order chi connectivity index (χ0) is 7.84. The number of hydrogen-bond donors (Lipinski definition) is 1. The van der Waals surface area contributed by atoms with Gasteiger partial charge in [0.1, 0.15) is 0 Å². The Kier molecular flexibility index (Phi) is 0.974. The van der Waals surface area contributed by atoms with Crippen molar-refractivity contribution in [2.75, 3.05) is 0 Å². The van der Waals surface area contributed by atoms with Crippen molar-refractivity contribution >= 4 is 6.20 Å². The lowest BCUT2D eigenvalue weighted by atomic mass is 10.5. The van der Waals surface area contributed by atoms with Crippen LogP contribution in [0.4, 0.5) is 0 Å². The maximum atomic E-state index is 10.9. The number of nitrogens with zero attached hydrogens (tertiary/aromatic N) is 3. The van der Waals surface area contributed by atoms with Crippen LogP contribution in [-0.4, -0.2) is 14.8 Å². The monoisotopic (exact) mass is 151 g/mol. The smallest absolute Gasteiger partial charge is 0.276 e. The van der Waals surface area contributed by atoms with Crippen LogP contribution in [0.1, 0.15) is 0 Å². The fourth-order valence-corrected chi connectivity index (χ4v) is 0.830.